The number of methoxy groups -OCH3 is 1. The Morgan fingerprint density at radius 3 is 2.67 bits per heavy atom. The summed E-state index contributed by atoms with van der Waals surface area (Å²) in [5, 5.41) is 1.92. The van der Waals surface area contributed by atoms with Crippen LogP contribution < -0.4 is 20.3 Å². The van der Waals surface area contributed by atoms with Gasteiger partial charge < -0.3 is 13.9 Å². The van der Waals surface area contributed by atoms with E-state index in [-0.39, 0.29) is 12.5 Å². The number of carbonyl (C=O) groups excluding carboxylic acids is 2. The average molecular weight is 429 g/mol. The van der Waals surface area contributed by atoms with Crippen LogP contribution in [-0.4, -0.2) is 30.0 Å². The van der Waals surface area contributed by atoms with Crippen LogP contribution >= 0.6 is 11.3 Å². The van der Waals surface area contributed by atoms with Crippen molar-refractivity contribution in [2.75, 3.05) is 7.11 Å². The Morgan fingerprint density at radius 2 is 2.00 bits per heavy atom. The lowest BCUT2D eigenvalue weighted by Crippen LogP contribution is -2.42. The molecule has 0 bridgehead atoms. The second-order valence-electron chi connectivity index (χ2n) is 6.71. The molecule has 2 N–H and O–H groups in total. The summed E-state index contributed by atoms with van der Waals surface area (Å²) in [5.74, 6) is 1.12. The van der Waals surface area contributed by atoms with Crippen LogP contribution in [0.2, 0.25) is 0 Å². The van der Waals surface area contributed by atoms with Gasteiger partial charge in [0.05, 0.1) is 30.2 Å². The molecule has 0 fully saturated rings. The Labute approximate surface area is 178 Å². The van der Waals surface area contributed by atoms with Gasteiger partial charge in [-0.15, -0.1) is 11.3 Å². The highest BCUT2D eigenvalue weighted by Crippen LogP contribution is 2.29. The molecule has 2 aromatic heterocycles. The van der Waals surface area contributed by atoms with Crippen LogP contribution in [0.3, 0.4) is 0 Å². The van der Waals surface area contributed by atoms with Gasteiger partial charge >= 0.3 is 0 Å². The molecular formula is C21H23N3O5S. The van der Waals surface area contributed by atoms with Gasteiger partial charge in [0.15, 0.2) is 11.5 Å². The molecule has 0 saturated carbocycles. The Hall–Kier alpha value is -3.33. The quantitative estimate of drug-likeness (QED) is 0.557. The Balaban J connectivity index is 1.59. The van der Waals surface area contributed by atoms with Crippen LogP contribution in [0.1, 0.15) is 35.7 Å². The normalized spacial score (nSPS) is 10.7. The molecule has 3 rings (SSSR count). The molecule has 0 atom stereocenters. The van der Waals surface area contributed by atoms with E-state index >= 15 is 0 Å². The van der Waals surface area contributed by atoms with E-state index in [1.165, 1.54) is 18.4 Å². The fourth-order valence-electron chi connectivity index (χ4n) is 2.65. The van der Waals surface area contributed by atoms with Gasteiger partial charge in [-0.25, -0.2) is 4.98 Å². The molecule has 30 heavy (non-hydrogen) atoms. The van der Waals surface area contributed by atoms with Gasteiger partial charge in [0.2, 0.25) is 11.8 Å². The first kappa shape index (κ1) is 21.4. The van der Waals surface area contributed by atoms with Crippen molar-refractivity contribution < 1.29 is 23.5 Å². The lowest BCUT2D eigenvalue weighted by atomic mass is 10.2. The minimum absolute atomic E-state index is 0.0223. The summed E-state index contributed by atoms with van der Waals surface area (Å²) in [4.78, 5) is 29.9. The van der Waals surface area contributed by atoms with Gasteiger partial charge in [-0.3, -0.25) is 20.4 Å². The van der Waals surface area contributed by atoms with Crippen molar-refractivity contribution in [2.24, 2.45) is 0 Å². The third kappa shape index (κ3) is 5.18. The maximum absolute atomic E-state index is 12.4. The first-order valence-electron chi connectivity index (χ1n) is 9.31. The van der Waals surface area contributed by atoms with E-state index in [0.29, 0.717) is 34.4 Å². The number of carbonyl (C=O) groups is 2. The third-order valence-corrected chi connectivity index (χ3v) is 4.91. The first-order chi connectivity index (χ1) is 14.4. The largest absolute Gasteiger partial charge is 0.493 e. The first-order valence-corrected chi connectivity index (χ1v) is 10.2. The van der Waals surface area contributed by atoms with Gasteiger partial charge in [0.25, 0.3) is 5.91 Å². The number of aromatic nitrogens is 1. The predicted octanol–water partition coefficient (Wildman–Crippen LogP) is 3.51. The Kier molecular flexibility index (Phi) is 6.73. The number of amides is 2. The molecule has 0 aliphatic carbocycles. The molecule has 8 nitrogen and oxygen atoms in total. The van der Waals surface area contributed by atoms with E-state index in [4.69, 9.17) is 13.9 Å². The molecule has 0 unspecified atom stereocenters. The Bertz CT molecular complexity index is 1030. The molecule has 3 aromatic rings. The van der Waals surface area contributed by atoms with Gasteiger partial charge in [-0.2, -0.15) is 0 Å². The number of thiophene rings is 1. The number of hydrazine groups is 1. The van der Waals surface area contributed by atoms with Crippen molar-refractivity contribution in [1.82, 2.24) is 15.8 Å². The van der Waals surface area contributed by atoms with Crippen LogP contribution in [0.5, 0.6) is 11.5 Å². The molecule has 9 heteroatoms. The minimum Gasteiger partial charge on any atom is -0.493 e. The maximum atomic E-state index is 12.4. The Morgan fingerprint density at radius 1 is 1.20 bits per heavy atom. The minimum atomic E-state index is -0.478. The zero-order valence-electron chi connectivity index (χ0n) is 17.1. The zero-order valence-corrected chi connectivity index (χ0v) is 18.0. The molecule has 2 heterocycles. The van der Waals surface area contributed by atoms with Crippen molar-refractivity contribution >= 4 is 23.2 Å². The third-order valence-electron chi connectivity index (χ3n) is 4.06. The van der Waals surface area contributed by atoms with Crippen molar-refractivity contribution in [3.05, 3.63) is 52.7 Å². The monoisotopic (exact) mass is 429 g/mol. The predicted molar refractivity (Wildman–Crippen MR) is 113 cm³/mol. The van der Waals surface area contributed by atoms with Crippen molar-refractivity contribution in [3.8, 4) is 22.3 Å². The summed E-state index contributed by atoms with van der Waals surface area (Å²) < 4.78 is 16.5. The fraction of sp³-hybridized carbons (Fsp3) is 0.286. The summed E-state index contributed by atoms with van der Waals surface area (Å²) in [6.45, 7) is 5.55. The molecule has 158 valence electrons. The number of rotatable bonds is 7. The van der Waals surface area contributed by atoms with Crippen LogP contribution in [0.15, 0.2) is 40.1 Å². The van der Waals surface area contributed by atoms with Gasteiger partial charge in [-0.1, -0.05) is 6.07 Å². The summed E-state index contributed by atoms with van der Waals surface area (Å²) >= 11 is 1.50. The van der Waals surface area contributed by atoms with Crippen molar-refractivity contribution in [2.45, 2.75) is 33.3 Å². The number of ether oxygens (including phenoxy) is 2. The molecular weight excluding hydrogens is 406 g/mol. The number of oxazole rings is 1. The second kappa shape index (κ2) is 9.45. The smallest absolute Gasteiger partial charge is 0.269 e. The topological polar surface area (TPSA) is 103 Å². The number of aryl methyl sites for hydroxylation is 1. The highest BCUT2D eigenvalue weighted by Gasteiger charge is 2.17. The van der Waals surface area contributed by atoms with Crippen molar-refractivity contribution in [1.29, 1.82) is 0 Å². The van der Waals surface area contributed by atoms with E-state index < -0.39 is 11.8 Å². The number of benzene rings is 1. The van der Waals surface area contributed by atoms with Crippen LogP contribution in [0.4, 0.5) is 0 Å². The van der Waals surface area contributed by atoms with Gasteiger partial charge in [-0.05, 0) is 50.4 Å². The lowest BCUT2D eigenvalue weighted by Gasteiger charge is -2.14. The van der Waals surface area contributed by atoms with Crippen LogP contribution in [-0.2, 0) is 11.2 Å². The zero-order chi connectivity index (χ0) is 21.7. The average Bonchev–Trinajstić information content (AvgIpc) is 3.36. The maximum Gasteiger partial charge on any atom is 0.269 e. The summed E-state index contributed by atoms with van der Waals surface area (Å²) in [5.41, 5.74) is 5.62. The molecule has 1 aromatic carbocycles. The van der Waals surface area contributed by atoms with Gasteiger partial charge in [0, 0.05) is 5.56 Å². The molecule has 0 saturated heterocycles. The molecule has 0 spiro atoms. The summed E-state index contributed by atoms with van der Waals surface area (Å²) in [6, 6.07) is 8.59. The number of nitrogens with zero attached hydrogens (tertiary/aromatic N) is 1. The summed E-state index contributed by atoms with van der Waals surface area (Å²) in [6.07, 6.45) is -0.0518. The van der Waals surface area contributed by atoms with E-state index in [1.807, 2.05) is 31.4 Å². The van der Waals surface area contributed by atoms with E-state index in [1.54, 1.807) is 25.1 Å². The molecule has 2 amide bonds. The standard InChI is InChI=1S/C21H23N3O5S/c1-12(2)28-16-8-7-14(10-17(16)27-4)20(26)24-23-19(25)11-15-13(3)29-21(22-15)18-6-5-9-30-18/h5-10,12H,11H2,1-4H3,(H,23,25)(H,24,26). The second-order valence-corrected chi connectivity index (χ2v) is 7.66. The summed E-state index contributed by atoms with van der Waals surface area (Å²) in [7, 11) is 1.50. The SMILES string of the molecule is COc1cc(C(=O)NNC(=O)Cc2nc(-c3cccs3)oc2C)ccc1OC(C)C. The van der Waals surface area contributed by atoms with E-state index in [2.05, 4.69) is 15.8 Å². The fourth-order valence-corrected chi connectivity index (χ4v) is 3.30. The number of hydrogen-bond donors (Lipinski definition) is 2. The van der Waals surface area contributed by atoms with E-state index in [0.717, 1.165) is 4.88 Å². The highest BCUT2D eigenvalue weighted by molar-refractivity contribution is 7.13. The number of hydrogen-bond acceptors (Lipinski definition) is 7. The van der Waals surface area contributed by atoms with E-state index in [9.17, 15) is 9.59 Å². The molecule has 0 radical (unpaired) electrons. The van der Waals surface area contributed by atoms with Crippen molar-refractivity contribution in [3.63, 3.8) is 0 Å². The number of nitrogens with one attached hydrogen (secondary N) is 2. The van der Waals surface area contributed by atoms with Crippen LogP contribution in [0.25, 0.3) is 10.8 Å². The molecule has 0 aliphatic heterocycles. The lowest BCUT2D eigenvalue weighted by molar-refractivity contribution is -0.121. The van der Waals surface area contributed by atoms with Crippen LogP contribution in [0, 0.1) is 6.92 Å². The van der Waals surface area contributed by atoms with Gasteiger partial charge in [0.1, 0.15) is 5.76 Å². The highest BCUT2D eigenvalue weighted by atomic mass is 32.1. The molecule has 0 aliphatic rings.